The summed E-state index contributed by atoms with van der Waals surface area (Å²) in [6, 6.07) is 0. The van der Waals surface area contributed by atoms with Gasteiger partial charge in [0.05, 0.1) is 16.1 Å². The second kappa shape index (κ2) is 5.08. The van der Waals surface area contributed by atoms with Crippen LogP contribution < -0.4 is 0 Å². The quantitative estimate of drug-likeness (QED) is 0.790. The van der Waals surface area contributed by atoms with Gasteiger partial charge in [-0.05, 0) is 62.7 Å². The van der Waals surface area contributed by atoms with Crippen LogP contribution in [0.3, 0.4) is 0 Å². The topological polar surface area (TPSA) is 39.2 Å². The van der Waals surface area contributed by atoms with E-state index in [0.29, 0.717) is 6.61 Å². The van der Waals surface area contributed by atoms with E-state index in [9.17, 15) is 4.79 Å². The van der Waals surface area contributed by atoms with E-state index in [0.717, 1.165) is 54.1 Å². The summed E-state index contributed by atoms with van der Waals surface area (Å²) in [6.07, 6.45) is 8.27. The number of aromatic nitrogens is 1. The number of hydrogen-bond acceptors (Lipinski definition) is 4. The Bertz CT molecular complexity index is 515. The summed E-state index contributed by atoms with van der Waals surface area (Å²) in [5, 5.41) is 3.14. The number of carbonyl (C=O) groups is 1. The Morgan fingerprint density at radius 1 is 1.29 bits per heavy atom. The first-order valence-corrected chi connectivity index (χ1v) is 9.15. The molecule has 1 aromatic rings. The van der Waals surface area contributed by atoms with E-state index in [-0.39, 0.29) is 11.4 Å². The van der Waals surface area contributed by atoms with Gasteiger partial charge < -0.3 is 4.74 Å². The van der Waals surface area contributed by atoms with E-state index in [1.54, 1.807) is 11.3 Å². The molecule has 0 unspecified atom stereocenters. The summed E-state index contributed by atoms with van der Waals surface area (Å²) in [5.41, 5.74) is 0.771. The fourth-order valence-electron chi connectivity index (χ4n) is 5.23. The second-order valence-corrected chi connectivity index (χ2v) is 8.30. The van der Waals surface area contributed by atoms with Crippen LogP contribution in [0.1, 0.15) is 56.2 Å². The summed E-state index contributed by atoms with van der Waals surface area (Å²) >= 11 is 1.66. The summed E-state index contributed by atoms with van der Waals surface area (Å²) in [4.78, 5) is 17.2. The number of carbonyl (C=O) groups excluding carboxylic acids is 1. The molecule has 0 spiro atoms. The average Bonchev–Trinajstić information content (AvgIpc) is 2.91. The summed E-state index contributed by atoms with van der Waals surface area (Å²) in [7, 11) is 0. The second-order valence-electron chi connectivity index (χ2n) is 7.36. The summed E-state index contributed by atoms with van der Waals surface area (Å²) in [6.45, 7) is 2.46. The molecule has 4 saturated carbocycles. The van der Waals surface area contributed by atoms with Crippen molar-refractivity contribution in [3.8, 4) is 0 Å². The molecule has 4 heteroatoms. The van der Waals surface area contributed by atoms with Gasteiger partial charge in [0.25, 0.3) is 0 Å². The van der Waals surface area contributed by atoms with Gasteiger partial charge in [0.1, 0.15) is 6.61 Å². The Kier molecular flexibility index (Phi) is 3.32. The van der Waals surface area contributed by atoms with Crippen molar-refractivity contribution in [3.05, 3.63) is 16.1 Å². The van der Waals surface area contributed by atoms with Gasteiger partial charge in [-0.1, -0.05) is 6.92 Å². The normalized spacial score (nSPS) is 36.9. The molecule has 0 saturated heterocycles. The van der Waals surface area contributed by atoms with Gasteiger partial charge in [0.15, 0.2) is 0 Å². The fraction of sp³-hybridized carbons (Fsp3) is 0.765. The number of rotatable bonds is 4. The van der Waals surface area contributed by atoms with Gasteiger partial charge in [-0.3, -0.25) is 4.79 Å². The molecule has 114 valence electrons. The zero-order valence-electron chi connectivity index (χ0n) is 12.6. The monoisotopic (exact) mass is 305 g/mol. The number of esters is 1. The maximum Gasteiger partial charge on any atom is 0.312 e. The maximum absolute atomic E-state index is 12.7. The van der Waals surface area contributed by atoms with Crippen molar-refractivity contribution in [2.75, 3.05) is 0 Å². The van der Waals surface area contributed by atoms with Crippen LogP contribution in [0.5, 0.6) is 0 Å². The molecule has 4 bridgehead atoms. The lowest BCUT2D eigenvalue weighted by Crippen LogP contribution is -2.50. The van der Waals surface area contributed by atoms with Crippen LogP contribution in [-0.4, -0.2) is 11.0 Å². The molecule has 21 heavy (non-hydrogen) atoms. The van der Waals surface area contributed by atoms with Gasteiger partial charge in [-0.15, -0.1) is 11.3 Å². The molecule has 3 nitrogen and oxygen atoms in total. The third-order valence-electron chi connectivity index (χ3n) is 5.72. The van der Waals surface area contributed by atoms with Crippen molar-refractivity contribution in [2.24, 2.45) is 23.2 Å². The lowest BCUT2D eigenvalue weighted by molar-refractivity contribution is -0.173. The van der Waals surface area contributed by atoms with Crippen molar-refractivity contribution >= 4 is 17.3 Å². The first-order chi connectivity index (χ1) is 10.2. The van der Waals surface area contributed by atoms with E-state index in [1.165, 1.54) is 19.3 Å². The van der Waals surface area contributed by atoms with Crippen LogP contribution >= 0.6 is 11.3 Å². The molecule has 4 aliphatic rings. The number of hydrogen-bond donors (Lipinski definition) is 0. The first-order valence-electron chi connectivity index (χ1n) is 8.27. The Morgan fingerprint density at radius 2 is 1.90 bits per heavy atom. The zero-order valence-corrected chi connectivity index (χ0v) is 13.5. The van der Waals surface area contributed by atoms with Gasteiger partial charge in [0, 0.05) is 5.38 Å². The molecule has 0 aliphatic heterocycles. The highest BCUT2D eigenvalue weighted by molar-refractivity contribution is 7.09. The molecule has 4 fully saturated rings. The van der Waals surface area contributed by atoms with Crippen LogP contribution in [0.15, 0.2) is 5.38 Å². The van der Waals surface area contributed by atoms with Crippen molar-refractivity contribution in [1.82, 2.24) is 4.98 Å². The maximum atomic E-state index is 12.7. The smallest absolute Gasteiger partial charge is 0.312 e. The molecule has 0 radical (unpaired) electrons. The lowest BCUT2D eigenvalue weighted by atomic mass is 9.49. The molecule has 0 aromatic carbocycles. The highest BCUT2D eigenvalue weighted by Gasteiger charge is 2.55. The minimum Gasteiger partial charge on any atom is -0.459 e. The van der Waals surface area contributed by atoms with Crippen molar-refractivity contribution in [2.45, 2.75) is 58.5 Å². The van der Waals surface area contributed by atoms with E-state index in [2.05, 4.69) is 11.9 Å². The van der Waals surface area contributed by atoms with E-state index < -0.39 is 0 Å². The Hall–Kier alpha value is -0.900. The van der Waals surface area contributed by atoms with Gasteiger partial charge in [-0.25, -0.2) is 4.98 Å². The van der Waals surface area contributed by atoms with Gasteiger partial charge >= 0.3 is 5.97 Å². The number of aryl methyl sites for hydroxylation is 1. The van der Waals surface area contributed by atoms with Gasteiger partial charge in [-0.2, -0.15) is 0 Å². The third-order valence-corrected chi connectivity index (χ3v) is 6.77. The van der Waals surface area contributed by atoms with E-state index in [1.807, 2.05) is 5.38 Å². The van der Waals surface area contributed by atoms with Crippen LogP contribution in [0.2, 0.25) is 0 Å². The number of thiazole rings is 1. The summed E-state index contributed by atoms with van der Waals surface area (Å²) in [5.74, 6) is 2.42. The molecule has 4 aliphatic carbocycles. The lowest BCUT2D eigenvalue weighted by Gasteiger charge is -2.55. The van der Waals surface area contributed by atoms with Crippen molar-refractivity contribution < 1.29 is 9.53 Å². The molecule has 1 aromatic heterocycles. The first kappa shape index (κ1) is 13.7. The highest BCUT2D eigenvalue weighted by Crippen LogP contribution is 2.60. The van der Waals surface area contributed by atoms with Crippen molar-refractivity contribution in [1.29, 1.82) is 0 Å². The number of nitrogens with zero attached hydrogens (tertiary/aromatic N) is 1. The molecule has 0 amide bonds. The molecular formula is C17H23NO2S. The Balaban J connectivity index is 1.43. The third kappa shape index (κ3) is 2.41. The van der Waals surface area contributed by atoms with Gasteiger partial charge in [0.2, 0.25) is 0 Å². The Morgan fingerprint density at radius 3 is 2.43 bits per heavy atom. The molecule has 0 atom stereocenters. The molecule has 0 N–H and O–H groups in total. The Labute approximate surface area is 130 Å². The SMILES string of the molecule is CCc1nc(COC(=O)C23CC4CC(CC(C4)C2)C3)cs1. The zero-order chi connectivity index (χ0) is 14.4. The molecule has 5 rings (SSSR count). The largest absolute Gasteiger partial charge is 0.459 e. The number of ether oxygens (including phenoxy) is 1. The van der Waals surface area contributed by atoms with E-state index in [4.69, 9.17) is 4.74 Å². The van der Waals surface area contributed by atoms with Crippen LogP contribution in [0.25, 0.3) is 0 Å². The minimum atomic E-state index is -0.141. The van der Waals surface area contributed by atoms with Crippen LogP contribution in [0.4, 0.5) is 0 Å². The molecular weight excluding hydrogens is 282 g/mol. The average molecular weight is 305 g/mol. The fourth-order valence-corrected chi connectivity index (χ4v) is 5.96. The van der Waals surface area contributed by atoms with Crippen molar-refractivity contribution in [3.63, 3.8) is 0 Å². The summed E-state index contributed by atoms with van der Waals surface area (Å²) < 4.78 is 5.68. The predicted octanol–water partition coefficient (Wildman–Crippen LogP) is 3.97. The highest BCUT2D eigenvalue weighted by atomic mass is 32.1. The predicted molar refractivity (Wildman–Crippen MR) is 81.9 cm³/mol. The molecule has 1 heterocycles. The van der Waals surface area contributed by atoms with E-state index >= 15 is 0 Å². The van der Waals surface area contributed by atoms with Crippen LogP contribution in [-0.2, 0) is 22.6 Å². The van der Waals surface area contributed by atoms with Crippen LogP contribution in [0, 0.1) is 23.2 Å². The standard InChI is InChI=1S/C17H23NO2S/c1-2-15-18-14(10-21-15)9-20-16(19)17-6-11-3-12(7-17)5-13(4-11)8-17/h10-13H,2-9H2,1H3. The minimum absolute atomic E-state index is 0.0626.